The Morgan fingerprint density at radius 1 is 0.750 bits per heavy atom. The zero-order chi connectivity index (χ0) is 20.4. The van der Waals surface area contributed by atoms with Gasteiger partial charge in [0, 0.05) is 32.7 Å². The first-order chi connectivity index (χ1) is 13.3. The van der Waals surface area contributed by atoms with E-state index in [1.54, 1.807) is 51.3 Å². The van der Waals surface area contributed by atoms with Crippen LogP contribution in [0.15, 0.2) is 66.8 Å². The van der Waals surface area contributed by atoms with Crippen LogP contribution in [0, 0.1) is 0 Å². The molecule has 0 radical (unpaired) electrons. The summed E-state index contributed by atoms with van der Waals surface area (Å²) in [6, 6.07) is 12.5. The summed E-state index contributed by atoms with van der Waals surface area (Å²) < 4.78 is 16.6. The lowest BCUT2D eigenvalue weighted by atomic mass is 10.00. The Morgan fingerprint density at radius 2 is 1.21 bits per heavy atom. The summed E-state index contributed by atoms with van der Waals surface area (Å²) in [5, 5.41) is 2.46. The summed E-state index contributed by atoms with van der Waals surface area (Å²) in [7, 11) is 1.55. The van der Waals surface area contributed by atoms with Crippen molar-refractivity contribution in [2.24, 2.45) is 0 Å². The molecule has 0 aliphatic heterocycles. The standard InChI is InChI=1S/C23H20O5/c1-13(2)22(24)27-20-16-8-6-7-9-17(16)21(28-23(25)14(3)4)19-12-15(26-5)10-11-18(19)20/h6-12H,1,3H2,2,4-5H3. The molecule has 3 rings (SSSR count). The summed E-state index contributed by atoms with van der Waals surface area (Å²) in [4.78, 5) is 24.5. The molecular weight excluding hydrogens is 356 g/mol. The number of rotatable bonds is 5. The molecule has 142 valence electrons. The second kappa shape index (κ2) is 7.56. The van der Waals surface area contributed by atoms with E-state index in [0.29, 0.717) is 38.8 Å². The molecule has 0 unspecified atom stereocenters. The van der Waals surface area contributed by atoms with Crippen molar-refractivity contribution in [3.63, 3.8) is 0 Å². The Bertz CT molecular complexity index is 1140. The zero-order valence-electron chi connectivity index (χ0n) is 16.0. The molecule has 0 heterocycles. The summed E-state index contributed by atoms with van der Waals surface area (Å²) in [5.41, 5.74) is 0.557. The Morgan fingerprint density at radius 3 is 1.68 bits per heavy atom. The lowest BCUT2D eigenvalue weighted by Crippen LogP contribution is -2.11. The third-order valence-electron chi connectivity index (χ3n) is 4.22. The third-order valence-corrected chi connectivity index (χ3v) is 4.22. The first-order valence-electron chi connectivity index (χ1n) is 8.61. The van der Waals surface area contributed by atoms with E-state index in [-0.39, 0.29) is 11.1 Å². The molecule has 0 spiro atoms. The van der Waals surface area contributed by atoms with Crippen molar-refractivity contribution in [1.29, 1.82) is 0 Å². The van der Waals surface area contributed by atoms with Crippen molar-refractivity contribution in [3.8, 4) is 17.2 Å². The van der Waals surface area contributed by atoms with Crippen molar-refractivity contribution in [2.75, 3.05) is 7.11 Å². The molecule has 0 atom stereocenters. The molecule has 0 amide bonds. The van der Waals surface area contributed by atoms with Crippen molar-refractivity contribution < 1.29 is 23.8 Å². The predicted octanol–water partition coefficient (Wildman–Crippen LogP) is 4.96. The van der Waals surface area contributed by atoms with E-state index >= 15 is 0 Å². The van der Waals surface area contributed by atoms with Gasteiger partial charge in [0.05, 0.1) is 7.11 Å². The minimum absolute atomic E-state index is 0.276. The average Bonchev–Trinajstić information content (AvgIpc) is 2.69. The fourth-order valence-corrected chi connectivity index (χ4v) is 2.79. The molecule has 28 heavy (non-hydrogen) atoms. The molecule has 3 aromatic rings. The number of methoxy groups -OCH3 is 1. The van der Waals surface area contributed by atoms with Gasteiger partial charge in [0.2, 0.25) is 0 Å². The summed E-state index contributed by atoms with van der Waals surface area (Å²) in [6.45, 7) is 10.4. The first kappa shape index (κ1) is 19.2. The Balaban J connectivity index is 2.40. The van der Waals surface area contributed by atoms with Crippen LogP contribution in [0.1, 0.15) is 13.8 Å². The molecule has 3 aromatic carbocycles. The topological polar surface area (TPSA) is 61.8 Å². The third kappa shape index (κ3) is 3.47. The molecule has 0 aliphatic carbocycles. The maximum absolute atomic E-state index is 12.3. The van der Waals surface area contributed by atoms with E-state index in [2.05, 4.69) is 13.2 Å². The number of hydrogen-bond donors (Lipinski definition) is 0. The van der Waals surface area contributed by atoms with Gasteiger partial charge >= 0.3 is 11.9 Å². The number of hydrogen-bond acceptors (Lipinski definition) is 5. The second-order valence-corrected chi connectivity index (χ2v) is 6.46. The molecule has 0 N–H and O–H groups in total. The highest BCUT2D eigenvalue weighted by atomic mass is 16.5. The van der Waals surface area contributed by atoms with Crippen molar-refractivity contribution in [1.82, 2.24) is 0 Å². The second-order valence-electron chi connectivity index (χ2n) is 6.46. The number of carbonyl (C=O) groups is 2. The molecule has 0 fully saturated rings. The van der Waals surface area contributed by atoms with Gasteiger partial charge < -0.3 is 14.2 Å². The van der Waals surface area contributed by atoms with Crippen molar-refractivity contribution >= 4 is 33.5 Å². The maximum atomic E-state index is 12.3. The summed E-state index contributed by atoms with van der Waals surface area (Å²) in [5.74, 6) is 0.228. The molecule has 5 nitrogen and oxygen atoms in total. The van der Waals surface area contributed by atoms with E-state index in [1.165, 1.54) is 0 Å². The molecule has 0 bridgehead atoms. The van der Waals surface area contributed by atoms with E-state index in [0.717, 1.165) is 0 Å². The summed E-state index contributed by atoms with van der Waals surface area (Å²) in [6.07, 6.45) is 0. The zero-order valence-corrected chi connectivity index (χ0v) is 16.0. The van der Waals surface area contributed by atoms with Gasteiger partial charge in [-0.15, -0.1) is 0 Å². The molecular formula is C23H20O5. The average molecular weight is 376 g/mol. The van der Waals surface area contributed by atoms with E-state index in [9.17, 15) is 9.59 Å². The van der Waals surface area contributed by atoms with Crippen LogP contribution in [0.25, 0.3) is 21.5 Å². The van der Waals surface area contributed by atoms with Gasteiger partial charge in [-0.3, -0.25) is 0 Å². The van der Waals surface area contributed by atoms with Crippen LogP contribution in [0.5, 0.6) is 17.2 Å². The van der Waals surface area contributed by atoms with Crippen LogP contribution in [-0.2, 0) is 9.59 Å². The first-order valence-corrected chi connectivity index (χ1v) is 8.61. The highest BCUT2D eigenvalue weighted by Gasteiger charge is 2.21. The van der Waals surface area contributed by atoms with Crippen LogP contribution < -0.4 is 14.2 Å². The minimum atomic E-state index is -0.541. The highest BCUT2D eigenvalue weighted by molar-refractivity contribution is 6.14. The maximum Gasteiger partial charge on any atom is 0.338 e. The van der Waals surface area contributed by atoms with Crippen LogP contribution in [0.3, 0.4) is 0 Å². The van der Waals surface area contributed by atoms with Gasteiger partial charge in [0.25, 0.3) is 0 Å². The number of esters is 2. The smallest absolute Gasteiger partial charge is 0.338 e. The molecule has 0 saturated carbocycles. The molecule has 5 heteroatoms. The molecule has 0 aliphatic rings. The molecule has 0 aromatic heterocycles. The fourth-order valence-electron chi connectivity index (χ4n) is 2.79. The number of ether oxygens (including phenoxy) is 3. The Labute approximate surface area is 162 Å². The van der Waals surface area contributed by atoms with Crippen molar-refractivity contribution in [2.45, 2.75) is 13.8 Å². The van der Waals surface area contributed by atoms with E-state index < -0.39 is 11.9 Å². The van der Waals surface area contributed by atoms with Crippen LogP contribution in [0.2, 0.25) is 0 Å². The molecule has 0 saturated heterocycles. The predicted molar refractivity (Wildman–Crippen MR) is 109 cm³/mol. The van der Waals surface area contributed by atoms with Crippen molar-refractivity contribution in [3.05, 3.63) is 66.8 Å². The minimum Gasteiger partial charge on any atom is -0.497 e. The van der Waals surface area contributed by atoms with Gasteiger partial charge in [-0.25, -0.2) is 9.59 Å². The van der Waals surface area contributed by atoms with E-state index in [1.807, 2.05) is 12.1 Å². The fraction of sp³-hybridized carbons (Fsp3) is 0.130. The number of benzene rings is 3. The lowest BCUT2D eigenvalue weighted by molar-refractivity contribution is -0.130. The largest absolute Gasteiger partial charge is 0.497 e. The highest BCUT2D eigenvalue weighted by Crippen LogP contribution is 2.44. The van der Waals surface area contributed by atoms with Gasteiger partial charge in [-0.2, -0.15) is 0 Å². The van der Waals surface area contributed by atoms with Crippen LogP contribution in [-0.4, -0.2) is 19.0 Å². The normalized spacial score (nSPS) is 10.5. The van der Waals surface area contributed by atoms with Gasteiger partial charge in [0.1, 0.15) is 17.2 Å². The van der Waals surface area contributed by atoms with Gasteiger partial charge in [-0.05, 0) is 32.0 Å². The van der Waals surface area contributed by atoms with Crippen LogP contribution >= 0.6 is 0 Å². The Kier molecular flexibility index (Phi) is 5.18. The monoisotopic (exact) mass is 376 g/mol. The lowest BCUT2D eigenvalue weighted by Gasteiger charge is -2.17. The van der Waals surface area contributed by atoms with Crippen LogP contribution in [0.4, 0.5) is 0 Å². The van der Waals surface area contributed by atoms with Gasteiger partial charge in [-0.1, -0.05) is 37.4 Å². The number of carbonyl (C=O) groups excluding carboxylic acids is 2. The van der Waals surface area contributed by atoms with Gasteiger partial charge in [0.15, 0.2) is 0 Å². The van der Waals surface area contributed by atoms with E-state index in [4.69, 9.17) is 14.2 Å². The Hall–Kier alpha value is -3.60. The SMILES string of the molecule is C=C(C)C(=O)Oc1c2ccccc2c(OC(=O)C(=C)C)c2cc(OC)ccc12. The quantitative estimate of drug-likeness (QED) is 0.272. The summed E-state index contributed by atoms with van der Waals surface area (Å²) >= 11 is 0. The number of fused-ring (bicyclic) bond motifs is 2.